The average Bonchev–Trinajstić information content (AvgIpc) is 2.72. The molecule has 6 heteroatoms. The first-order chi connectivity index (χ1) is 13.7. The summed E-state index contributed by atoms with van der Waals surface area (Å²) in [5.74, 6) is 1.14. The lowest BCUT2D eigenvalue weighted by Crippen LogP contribution is -2.01. The molecule has 4 aromatic rings. The normalized spacial score (nSPS) is 10.8. The maximum absolute atomic E-state index is 6.24. The smallest absolute Gasteiger partial charge is 0.224 e. The molecular weight excluding hydrogens is 395 g/mol. The Hall–Kier alpha value is -2.82. The zero-order valence-corrected chi connectivity index (χ0v) is 16.3. The Labute approximate surface area is 172 Å². The fourth-order valence-corrected chi connectivity index (χ4v) is 3.22. The quantitative estimate of drug-likeness (QED) is 0.284. The number of fused-ring (bicyclic) bond motifs is 1. The lowest BCUT2D eigenvalue weighted by molar-refractivity contribution is 0.256. The molecule has 0 unspecified atom stereocenters. The van der Waals surface area contributed by atoms with Gasteiger partial charge in [0.15, 0.2) is 11.5 Å². The predicted molar refractivity (Wildman–Crippen MR) is 111 cm³/mol. The SMILES string of the molecule is Clc1nc(Cl)c2cc(OCc3ccccc3)c(OCc3ccccc3)cc2n1. The Balaban J connectivity index is 1.67. The first kappa shape index (κ1) is 18.5. The first-order valence-corrected chi connectivity index (χ1v) is 9.45. The van der Waals surface area contributed by atoms with Crippen LogP contribution >= 0.6 is 23.2 Å². The van der Waals surface area contributed by atoms with Crippen molar-refractivity contribution in [1.82, 2.24) is 9.97 Å². The van der Waals surface area contributed by atoms with Crippen LogP contribution in [0.1, 0.15) is 11.1 Å². The average molecular weight is 411 g/mol. The van der Waals surface area contributed by atoms with Gasteiger partial charge < -0.3 is 9.47 Å². The van der Waals surface area contributed by atoms with Gasteiger partial charge in [-0.2, -0.15) is 0 Å². The Morgan fingerprint density at radius 3 is 1.79 bits per heavy atom. The minimum atomic E-state index is 0.0875. The minimum absolute atomic E-state index is 0.0875. The fourth-order valence-electron chi connectivity index (χ4n) is 2.77. The summed E-state index contributed by atoms with van der Waals surface area (Å²) in [5, 5.41) is 1.01. The van der Waals surface area contributed by atoms with Crippen molar-refractivity contribution in [3.8, 4) is 11.5 Å². The molecule has 0 fully saturated rings. The molecule has 28 heavy (non-hydrogen) atoms. The van der Waals surface area contributed by atoms with E-state index < -0.39 is 0 Å². The van der Waals surface area contributed by atoms with Crippen molar-refractivity contribution in [3.05, 3.63) is 94.4 Å². The van der Waals surface area contributed by atoms with Gasteiger partial charge >= 0.3 is 0 Å². The number of halogens is 2. The van der Waals surface area contributed by atoms with E-state index in [-0.39, 0.29) is 10.4 Å². The number of rotatable bonds is 6. The molecule has 0 atom stereocenters. The van der Waals surface area contributed by atoms with Gasteiger partial charge in [0.05, 0.1) is 5.52 Å². The summed E-state index contributed by atoms with van der Waals surface area (Å²) in [6.07, 6.45) is 0. The maximum atomic E-state index is 6.24. The predicted octanol–water partition coefficient (Wildman–Crippen LogP) is 6.09. The van der Waals surface area contributed by atoms with Gasteiger partial charge in [-0.25, -0.2) is 9.97 Å². The monoisotopic (exact) mass is 410 g/mol. The van der Waals surface area contributed by atoms with Crippen LogP contribution in [0.2, 0.25) is 10.4 Å². The van der Waals surface area contributed by atoms with E-state index in [1.807, 2.05) is 60.7 Å². The van der Waals surface area contributed by atoms with E-state index in [1.165, 1.54) is 0 Å². The Morgan fingerprint density at radius 1 is 0.679 bits per heavy atom. The van der Waals surface area contributed by atoms with Gasteiger partial charge in [-0.3, -0.25) is 0 Å². The summed E-state index contributed by atoms with van der Waals surface area (Å²) in [6.45, 7) is 0.806. The van der Waals surface area contributed by atoms with E-state index in [4.69, 9.17) is 32.7 Å². The molecule has 4 nitrogen and oxygen atoms in total. The van der Waals surface area contributed by atoms with Crippen molar-refractivity contribution in [2.24, 2.45) is 0 Å². The van der Waals surface area contributed by atoms with E-state index >= 15 is 0 Å². The van der Waals surface area contributed by atoms with E-state index in [1.54, 1.807) is 12.1 Å². The van der Waals surface area contributed by atoms with Gasteiger partial charge in [-0.1, -0.05) is 72.3 Å². The van der Waals surface area contributed by atoms with Crippen molar-refractivity contribution in [1.29, 1.82) is 0 Å². The highest BCUT2D eigenvalue weighted by Gasteiger charge is 2.13. The van der Waals surface area contributed by atoms with Crippen LogP contribution in [0, 0.1) is 0 Å². The van der Waals surface area contributed by atoms with Gasteiger partial charge in [0.2, 0.25) is 5.28 Å². The minimum Gasteiger partial charge on any atom is -0.485 e. The van der Waals surface area contributed by atoms with Crippen LogP contribution < -0.4 is 9.47 Å². The molecule has 140 valence electrons. The van der Waals surface area contributed by atoms with E-state index in [0.717, 1.165) is 11.1 Å². The van der Waals surface area contributed by atoms with Crippen LogP contribution in [0.5, 0.6) is 11.5 Å². The highest BCUT2D eigenvalue weighted by atomic mass is 35.5. The van der Waals surface area contributed by atoms with Crippen LogP contribution in [0.25, 0.3) is 10.9 Å². The summed E-state index contributed by atoms with van der Waals surface area (Å²) < 4.78 is 12.1. The molecule has 0 amide bonds. The van der Waals surface area contributed by atoms with E-state index in [2.05, 4.69) is 9.97 Å². The Bertz CT molecular complexity index is 1090. The fraction of sp³-hybridized carbons (Fsp3) is 0.0909. The van der Waals surface area contributed by atoms with Crippen molar-refractivity contribution < 1.29 is 9.47 Å². The van der Waals surface area contributed by atoms with Gasteiger partial charge in [-0.05, 0) is 28.8 Å². The number of nitrogens with zero attached hydrogens (tertiary/aromatic N) is 2. The number of ether oxygens (including phenoxy) is 2. The highest BCUT2D eigenvalue weighted by Crippen LogP contribution is 2.35. The second-order valence-electron chi connectivity index (χ2n) is 6.15. The molecule has 0 saturated carbocycles. The van der Waals surface area contributed by atoms with Crippen LogP contribution in [-0.4, -0.2) is 9.97 Å². The first-order valence-electron chi connectivity index (χ1n) is 8.69. The molecule has 1 heterocycles. The van der Waals surface area contributed by atoms with Gasteiger partial charge in [0, 0.05) is 11.5 Å². The molecule has 0 aliphatic carbocycles. The molecular formula is C22H16Cl2N2O2. The molecule has 0 aliphatic heterocycles. The van der Waals surface area contributed by atoms with Crippen LogP contribution in [0.15, 0.2) is 72.8 Å². The van der Waals surface area contributed by atoms with Gasteiger partial charge in [0.1, 0.15) is 18.4 Å². The third-order valence-corrected chi connectivity index (χ3v) is 4.62. The van der Waals surface area contributed by atoms with E-state index in [9.17, 15) is 0 Å². The summed E-state index contributed by atoms with van der Waals surface area (Å²) in [6, 6.07) is 23.4. The lowest BCUT2D eigenvalue weighted by Gasteiger charge is -2.14. The number of hydrogen-bond acceptors (Lipinski definition) is 4. The van der Waals surface area contributed by atoms with Crippen LogP contribution in [0.4, 0.5) is 0 Å². The topological polar surface area (TPSA) is 44.2 Å². The van der Waals surface area contributed by atoms with Crippen LogP contribution in [-0.2, 0) is 13.2 Å². The number of aromatic nitrogens is 2. The van der Waals surface area contributed by atoms with E-state index in [0.29, 0.717) is 35.6 Å². The largest absolute Gasteiger partial charge is 0.485 e. The lowest BCUT2D eigenvalue weighted by atomic mass is 10.2. The summed E-state index contributed by atoms with van der Waals surface area (Å²) in [5.41, 5.74) is 2.70. The Morgan fingerprint density at radius 2 is 1.21 bits per heavy atom. The molecule has 0 N–H and O–H groups in total. The van der Waals surface area contributed by atoms with Crippen molar-refractivity contribution in [2.75, 3.05) is 0 Å². The molecule has 1 aromatic heterocycles. The molecule has 4 rings (SSSR count). The molecule has 3 aromatic carbocycles. The number of benzene rings is 3. The third kappa shape index (κ3) is 4.35. The molecule has 0 aliphatic rings. The standard InChI is InChI=1S/C22H16Cl2N2O2/c23-21-17-11-19(27-13-15-7-3-1-4-8-15)20(12-18(17)25-22(24)26-21)28-14-16-9-5-2-6-10-16/h1-12H,13-14H2. The zero-order chi connectivity index (χ0) is 19.3. The second-order valence-corrected chi connectivity index (χ2v) is 6.84. The highest BCUT2D eigenvalue weighted by molar-refractivity contribution is 6.35. The number of hydrogen-bond donors (Lipinski definition) is 0. The third-order valence-electron chi connectivity index (χ3n) is 4.16. The van der Waals surface area contributed by atoms with Crippen molar-refractivity contribution in [2.45, 2.75) is 13.2 Å². The summed E-state index contributed by atoms with van der Waals surface area (Å²) >= 11 is 12.2. The summed E-state index contributed by atoms with van der Waals surface area (Å²) in [4.78, 5) is 8.25. The van der Waals surface area contributed by atoms with Crippen molar-refractivity contribution in [3.63, 3.8) is 0 Å². The Kier molecular flexibility index (Phi) is 5.60. The van der Waals surface area contributed by atoms with Gasteiger partial charge in [-0.15, -0.1) is 0 Å². The maximum Gasteiger partial charge on any atom is 0.224 e. The summed E-state index contributed by atoms with van der Waals surface area (Å²) in [7, 11) is 0. The molecule has 0 radical (unpaired) electrons. The van der Waals surface area contributed by atoms with Crippen LogP contribution in [0.3, 0.4) is 0 Å². The zero-order valence-electron chi connectivity index (χ0n) is 14.8. The molecule has 0 saturated heterocycles. The molecule has 0 bridgehead atoms. The molecule has 0 spiro atoms. The second kappa shape index (κ2) is 8.46. The van der Waals surface area contributed by atoms with Gasteiger partial charge in [0.25, 0.3) is 0 Å². The van der Waals surface area contributed by atoms with Crippen molar-refractivity contribution >= 4 is 34.1 Å².